The van der Waals surface area contributed by atoms with E-state index < -0.39 is 24.0 Å². The zero-order valence-electron chi connectivity index (χ0n) is 20.1. The molecule has 3 atom stereocenters. The van der Waals surface area contributed by atoms with Crippen LogP contribution < -0.4 is 10.6 Å². The van der Waals surface area contributed by atoms with E-state index in [1.807, 2.05) is 50.3 Å². The fourth-order valence-corrected chi connectivity index (χ4v) is 4.98. The van der Waals surface area contributed by atoms with Crippen molar-refractivity contribution in [1.82, 2.24) is 10.6 Å². The number of carboxylic acid groups (broad SMARTS) is 1. The van der Waals surface area contributed by atoms with Crippen LogP contribution in [0.4, 0.5) is 4.79 Å². The maximum atomic E-state index is 12.7. The van der Waals surface area contributed by atoms with Gasteiger partial charge in [0.1, 0.15) is 12.6 Å². The number of nitrogens with one attached hydrogen (secondary N) is 2. The molecular weight excluding hydrogens is 444 g/mol. The molecule has 2 aromatic carbocycles. The molecule has 0 aromatic heterocycles. The Morgan fingerprint density at radius 2 is 1.66 bits per heavy atom. The van der Waals surface area contributed by atoms with Crippen molar-refractivity contribution < 1.29 is 24.2 Å². The normalized spacial score (nSPS) is 19.5. The minimum Gasteiger partial charge on any atom is -0.480 e. The van der Waals surface area contributed by atoms with Gasteiger partial charge < -0.3 is 20.5 Å². The third kappa shape index (κ3) is 5.73. The van der Waals surface area contributed by atoms with Gasteiger partial charge in [0.15, 0.2) is 0 Å². The lowest BCUT2D eigenvalue weighted by molar-refractivity contribution is -0.143. The Labute approximate surface area is 205 Å². The summed E-state index contributed by atoms with van der Waals surface area (Å²) >= 11 is 0. The molecule has 0 heterocycles. The second-order valence-corrected chi connectivity index (χ2v) is 9.70. The van der Waals surface area contributed by atoms with Gasteiger partial charge in [0.25, 0.3) is 0 Å². The summed E-state index contributed by atoms with van der Waals surface area (Å²) in [5.74, 6) is -1.63. The molecular formula is C28H32N2O5. The van der Waals surface area contributed by atoms with Gasteiger partial charge >= 0.3 is 12.1 Å². The molecule has 184 valence electrons. The smallest absolute Gasteiger partial charge is 0.407 e. The van der Waals surface area contributed by atoms with E-state index in [0.29, 0.717) is 19.3 Å². The molecule has 0 spiro atoms. The maximum absolute atomic E-state index is 12.7. The number of carbonyl (C=O) groups excluding carboxylic acids is 2. The molecule has 0 saturated heterocycles. The van der Waals surface area contributed by atoms with Crippen molar-refractivity contribution >= 4 is 18.0 Å². The van der Waals surface area contributed by atoms with Crippen molar-refractivity contribution in [3.8, 4) is 11.1 Å². The van der Waals surface area contributed by atoms with Gasteiger partial charge in [-0.1, -0.05) is 74.5 Å². The molecule has 0 aliphatic heterocycles. The third-order valence-electron chi connectivity index (χ3n) is 6.67. The fourth-order valence-electron chi connectivity index (χ4n) is 4.98. The van der Waals surface area contributed by atoms with E-state index in [4.69, 9.17) is 4.74 Å². The number of hydrogen-bond donors (Lipinski definition) is 3. The minimum absolute atomic E-state index is 0.0255. The summed E-state index contributed by atoms with van der Waals surface area (Å²) in [6.45, 7) is 4.05. The van der Waals surface area contributed by atoms with Crippen LogP contribution in [0.2, 0.25) is 0 Å². The highest BCUT2D eigenvalue weighted by molar-refractivity contribution is 5.85. The quantitative estimate of drug-likeness (QED) is 0.488. The summed E-state index contributed by atoms with van der Waals surface area (Å²) in [6, 6.07) is 15.0. The molecule has 2 aromatic rings. The Morgan fingerprint density at radius 1 is 1.03 bits per heavy atom. The molecule has 0 fully saturated rings. The first-order valence-electron chi connectivity index (χ1n) is 12.1. The second-order valence-electron chi connectivity index (χ2n) is 9.70. The van der Waals surface area contributed by atoms with Crippen molar-refractivity contribution in [2.45, 2.75) is 51.1 Å². The summed E-state index contributed by atoms with van der Waals surface area (Å²) in [5.41, 5.74) is 4.62. The number of carbonyl (C=O) groups is 3. The van der Waals surface area contributed by atoms with Crippen molar-refractivity contribution in [3.63, 3.8) is 0 Å². The molecule has 0 radical (unpaired) electrons. The van der Waals surface area contributed by atoms with Crippen LogP contribution in [0.25, 0.3) is 11.1 Å². The predicted molar refractivity (Wildman–Crippen MR) is 133 cm³/mol. The number of amides is 2. The Hall–Kier alpha value is -3.61. The van der Waals surface area contributed by atoms with E-state index >= 15 is 0 Å². The SMILES string of the molecule is CC(C)CC(NC(=O)C1CC=CC(NC(=O)OCC2c3ccccc3-c3ccccc32)C1)C(=O)O. The van der Waals surface area contributed by atoms with Crippen LogP contribution in [0.5, 0.6) is 0 Å². The molecule has 35 heavy (non-hydrogen) atoms. The van der Waals surface area contributed by atoms with Crippen LogP contribution in [0, 0.1) is 11.8 Å². The van der Waals surface area contributed by atoms with E-state index in [1.54, 1.807) is 0 Å². The lowest BCUT2D eigenvalue weighted by atomic mass is 9.90. The summed E-state index contributed by atoms with van der Waals surface area (Å²) in [4.78, 5) is 36.8. The average Bonchev–Trinajstić information content (AvgIpc) is 3.16. The first kappa shape index (κ1) is 24.5. The predicted octanol–water partition coefficient (Wildman–Crippen LogP) is 4.48. The summed E-state index contributed by atoms with van der Waals surface area (Å²) in [5, 5.41) is 14.9. The highest BCUT2D eigenvalue weighted by Crippen LogP contribution is 2.44. The number of aliphatic carboxylic acids is 1. The van der Waals surface area contributed by atoms with Crippen molar-refractivity contribution in [2.24, 2.45) is 11.8 Å². The van der Waals surface area contributed by atoms with Gasteiger partial charge in [-0.25, -0.2) is 9.59 Å². The number of allylic oxidation sites excluding steroid dienone is 1. The van der Waals surface area contributed by atoms with Gasteiger partial charge in [0.05, 0.1) is 6.04 Å². The van der Waals surface area contributed by atoms with Crippen molar-refractivity contribution in [2.75, 3.05) is 6.61 Å². The number of alkyl carbamates (subject to hydrolysis) is 1. The van der Waals surface area contributed by atoms with E-state index in [-0.39, 0.29) is 30.4 Å². The number of carboxylic acids is 1. The standard InChI is InChI=1S/C28H32N2O5/c1-17(2)14-25(27(32)33)30-26(31)18-8-7-9-19(15-18)29-28(34)35-16-24-22-12-5-3-10-20(22)21-11-4-6-13-23(21)24/h3-7,9-13,17-19,24-25H,8,14-16H2,1-2H3,(H,29,34)(H,30,31)(H,32,33). The molecule has 4 rings (SSSR count). The molecule has 7 heteroatoms. The topological polar surface area (TPSA) is 105 Å². The Balaban J connectivity index is 1.32. The van der Waals surface area contributed by atoms with E-state index in [0.717, 1.165) is 11.1 Å². The second kappa shape index (κ2) is 10.8. The van der Waals surface area contributed by atoms with Crippen LogP contribution in [0.3, 0.4) is 0 Å². The van der Waals surface area contributed by atoms with Crippen LogP contribution >= 0.6 is 0 Å². The van der Waals surface area contributed by atoms with Gasteiger partial charge in [0, 0.05) is 11.8 Å². The molecule has 7 nitrogen and oxygen atoms in total. The van der Waals surface area contributed by atoms with E-state index in [2.05, 4.69) is 34.9 Å². The summed E-state index contributed by atoms with van der Waals surface area (Å²) in [7, 11) is 0. The maximum Gasteiger partial charge on any atom is 0.407 e. The summed E-state index contributed by atoms with van der Waals surface area (Å²) in [6.07, 6.45) is 4.42. The zero-order chi connectivity index (χ0) is 24.9. The third-order valence-corrected chi connectivity index (χ3v) is 6.67. The Kier molecular flexibility index (Phi) is 7.54. The van der Waals surface area contributed by atoms with Gasteiger partial charge in [-0.3, -0.25) is 4.79 Å². The molecule has 3 unspecified atom stereocenters. The molecule has 2 aliphatic rings. The average molecular weight is 477 g/mol. The van der Waals surface area contributed by atoms with Crippen LogP contribution in [0.15, 0.2) is 60.7 Å². The highest BCUT2D eigenvalue weighted by Gasteiger charge is 2.31. The van der Waals surface area contributed by atoms with Gasteiger partial charge in [-0.2, -0.15) is 0 Å². The fraction of sp³-hybridized carbons (Fsp3) is 0.393. The van der Waals surface area contributed by atoms with Crippen LogP contribution in [0.1, 0.15) is 50.2 Å². The zero-order valence-corrected chi connectivity index (χ0v) is 20.1. The molecule has 0 saturated carbocycles. The van der Waals surface area contributed by atoms with E-state index in [9.17, 15) is 19.5 Å². The number of fused-ring (bicyclic) bond motifs is 3. The lowest BCUT2D eigenvalue weighted by Crippen LogP contribution is -2.46. The van der Waals surface area contributed by atoms with Gasteiger partial charge in [-0.15, -0.1) is 0 Å². The first-order valence-corrected chi connectivity index (χ1v) is 12.1. The summed E-state index contributed by atoms with van der Waals surface area (Å²) < 4.78 is 5.62. The van der Waals surface area contributed by atoms with Crippen LogP contribution in [-0.4, -0.2) is 41.8 Å². The Morgan fingerprint density at radius 3 is 2.26 bits per heavy atom. The molecule has 3 N–H and O–H groups in total. The van der Waals surface area contributed by atoms with Crippen LogP contribution in [-0.2, 0) is 14.3 Å². The lowest BCUT2D eigenvalue weighted by Gasteiger charge is -2.26. The number of hydrogen-bond acceptors (Lipinski definition) is 4. The molecule has 2 aliphatic carbocycles. The van der Waals surface area contributed by atoms with E-state index in [1.165, 1.54) is 11.1 Å². The van der Waals surface area contributed by atoms with Gasteiger partial charge in [-0.05, 0) is 47.4 Å². The number of benzene rings is 2. The Bertz CT molecular complexity index is 1080. The van der Waals surface area contributed by atoms with Gasteiger partial charge in [0.2, 0.25) is 5.91 Å². The number of rotatable bonds is 8. The number of ether oxygens (including phenoxy) is 1. The molecule has 2 amide bonds. The largest absolute Gasteiger partial charge is 0.480 e. The highest BCUT2D eigenvalue weighted by atomic mass is 16.5. The van der Waals surface area contributed by atoms with Crippen molar-refractivity contribution in [1.29, 1.82) is 0 Å². The minimum atomic E-state index is -1.04. The molecule has 0 bridgehead atoms. The first-order chi connectivity index (χ1) is 16.8. The monoisotopic (exact) mass is 476 g/mol. The van der Waals surface area contributed by atoms with Crippen molar-refractivity contribution in [3.05, 3.63) is 71.8 Å².